The second-order valence-corrected chi connectivity index (χ2v) is 6.28. The molecule has 1 atom stereocenters. The lowest BCUT2D eigenvalue weighted by atomic mass is 10.2. The fraction of sp³-hybridized carbons (Fsp3) is 0.417. The number of benzene rings is 1. The van der Waals surface area contributed by atoms with E-state index in [9.17, 15) is 4.21 Å². The van der Waals surface area contributed by atoms with Gasteiger partial charge in [0.15, 0.2) is 0 Å². The summed E-state index contributed by atoms with van der Waals surface area (Å²) in [6.45, 7) is 3.35. The zero-order valence-electron chi connectivity index (χ0n) is 9.39. The van der Waals surface area contributed by atoms with Gasteiger partial charge in [-0.3, -0.25) is 10.0 Å². The van der Waals surface area contributed by atoms with E-state index in [4.69, 9.17) is 5.14 Å². The molecule has 0 spiro atoms. The van der Waals surface area contributed by atoms with Gasteiger partial charge in [-0.2, -0.15) is 0 Å². The average molecular weight is 238 g/mol. The lowest BCUT2D eigenvalue weighted by molar-refractivity contribution is 0.331. The maximum atomic E-state index is 11.5. The Morgan fingerprint density at radius 1 is 1.25 bits per heavy atom. The zero-order valence-corrected chi connectivity index (χ0v) is 10.2. The number of hydrogen-bond acceptors (Lipinski definition) is 2. The molecule has 0 aromatic heterocycles. The third-order valence-corrected chi connectivity index (χ3v) is 4.00. The van der Waals surface area contributed by atoms with E-state index in [2.05, 4.69) is 10.8 Å². The predicted molar refractivity (Wildman–Crippen MR) is 68.7 cm³/mol. The third kappa shape index (κ3) is 2.84. The van der Waals surface area contributed by atoms with Gasteiger partial charge in [-0.05, 0) is 49.5 Å². The van der Waals surface area contributed by atoms with Crippen molar-refractivity contribution in [2.24, 2.45) is 5.14 Å². The molecule has 0 aliphatic carbocycles. The van der Waals surface area contributed by atoms with E-state index in [1.54, 1.807) is 0 Å². The van der Waals surface area contributed by atoms with Crippen molar-refractivity contribution in [1.29, 1.82) is 0 Å². The molecule has 88 valence electrons. The van der Waals surface area contributed by atoms with E-state index in [1.807, 2.05) is 24.3 Å². The van der Waals surface area contributed by atoms with Gasteiger partial charge < -0.3 is 0 Å². The smallest absolute Gasteiger partial charge is 0.0507 e. The summed E-state index contributed by atoms with van der Waals surface area (Å²) in [7, 11) is -2.56. The Morgan fingerprint density at radius 3 is 2.31 bits per heavy atom. The molecule has 2 N–H and O–H groups in total. The fourth-order valence-corrected chi connectivity index (χ4v) is 2.62. The van der Waals surface area contributed by atoms with Gasteiger partial charge in [0.1, 0.15) is 0 Å². The molecule has 1 aromatic carbocycles. The summed E-state index contributed by atoms with van der Waals surface area (Å²) in [6, 6.07) is 7.62. The molecule has 0 radical (unpaired) electrons. The molecule has 16 heavy (non-hydrogen) atoms. The van der Waals surface area contributed by atoms with Crippen molar-refractivity contribution < 1.29 is 4.21 Å². The molecule has 1 unspecified atom stereocenters. The molecule has 1 aromatic rings. The van der Waals surface area contributed by atoms with Gasteiger partial charge in [0.05, 0.1) is 9.71 Å². The van der Waals surface area contributed by atoms with Gasteiger partial charge in [-0.15, -0.1) is 0 Å². The summed E-state index contributed by atoms with van der Waals surface area (Å²) in [6.07, 6.45) is 2.60. The second-order valence-electron chi connectivity index (χ2n) is 4.35. The summed E-state index contributed by atoms with van der Waals surface area (Å²) in [4.78, 5) is 3.05. The minimum atomic E-state index is -2.56. The predicted octanol–water partition coefficient (Wildman–Crippen LogP) is 1.23. The first kappa shape index (κ1) is 11.6. The van der Waals surface area contributed by atoms with Gasteiger partial charge in [0, 0.05) is 11.4 Å². The second kappa shape index (κ2) is 4.57. The summed E-state index contributed by atoms with van der Waals surface area (Å²) < 4.78 is 11.5. The van der Waals surface area contributed by atoms with Crippen LogP contribution >= 0.6 is 0 Å². The highest BCUT2D eigenvalue weighted by Crippen LogP contribution is 2.14. The van der Waals surface area contributed by atoms with Crippen LogP contribution in [0, 0.1) is 0 Å². The van der Waals surface area contributed by atoms with Crippen molar-refractivity contribution in [2.75, 3.05) is 13.1 Å². The number of hydrogen-bond donors (Lipinski definition) is 1. The summed E-state index contributed by atoms with van der Waals surface area (Å²) in [5, 5.41) is 5.48. The normalized spacial score (nSPS) is 20.8. The van der Waals surface area contributed by atoms with Crippen LogP contribution in [0.2, 0.25) is 0 Å². The minimum Gasteiger partial charge on any atom is -0.299 e. The summed E-state index contributed by atoms with van der Waals surface area (Å²) in [5.74, 6) is 3.47. The first-order valence-corrected chi connectivity index (χ1v) is 7.31. The Morgan fingerprint density at radius 2 is 1.81 bits per heavy atom. The van der Waals surface area contributed by atoms with E-state index < -0.39 is 9.71 Å². The van der Waals surface area contributed by atoms with Crippen LogP contribution in [-0.4, -0.2) is 28.1 Å². The van der Waals surface area contributed by atoms with E-state index in [-0.39, 0.29) is 0 Å². The van der Waals surface area contributed by atoms with Crippen LogP contribution in [0.3, 0.4) is 0 Å². The molecule has 1 fully saturated rings. The molecule has 0 saturated carbocycles. The maximum Gasteiger partial charge on any atom is 0.0507 e. The van der Waals surface area contributed by atoms with Crippen molar-refractivity contribution in [2.45, 2.75) is 24.3 Å². The SMILES string of the molecule is C=S(N)(=O)c1ccc(CN2CCCC2)cc1. The molecular formula is C12H18N2OS. The van der Waals surface area contributed by atoms with Gasteiger partial charge in [-0.25, -0.2) is 4.21 Å². The molecule has 1 saturated heterocycles. The molecule has 1 aliphatic heterocycles. The Hall–Kier alpha value is -0.840. The van der Waals surface area contributed by atoms with Crippen LogP contribution < -0.4 is 5.14 Å². The van der Waals surface area contributed by atoms with Crippen LogP contribution in [0.5, 0.6) is 0 Å². The van der Waals surface area contributed by atoms with E-state index in [0.29, 0.717) is 4.90 Å². The molecule has 1 aliphatic rings. The number of rotatable bonds is 3. The van der Waals surface area contributed by atoms with Gasteiger partial charge in [0.2, 0.25) is 0 Å². The van der Waals surface area contributed by atoms with E-state index in [0.717, 1.165) is 6.54 Å². The average Bonchev–Trinajstić information content (AvgIpc) is 2.70. The molecule has 0 amide bonds. The van der Waals surface area contributed by atoms with Gasteiger partial charge in [0.25, 0.3) is 0 Å². The minimum absolute atomic E-state index is 0.623. The molecular weight excluding hydrogens is 220 g/mol. The summed E-state index contributed by atoms with van der Waals surface area (Å²) in [5.41, 5.74) is 1.24. The van der Waals surface area contributed by atoms with Crippen LogP contribution in [0.15, 0.2) is 29.2 Å². The number of likely N-dealkylation sites (tertiary alicyclic amines) is 1. The van der Waals surface area contributed by atoms with Crippen LogP contribution in [0.1, 0.15) is 18.4 Å². The highest BCUT2D eigenvalue weighted by molar-refractivity contribution is 7.98. The van der Waals surface area contributed by atoms with Crippen LogP contribution in [-0.2, 0) is 16.3 Å². The largest absolute Gasteiger partial charge is 0.299 e. The Labute approximate surface area is 97.4 Å². The first-order valence-electron chi connectivity index (χ1n) is 5.52. The topological polar surface area (TPSA) is 46.3 Å². The van der Waals surface area contributed by atoms with E-state index >= 15 is 0 Å². The van der Waals surface area contributed by atoms with Crippen molar-refractivity contribution in [3.63, 3.8) is 0 Å². The van der Waals surface area contributed by atoms with Crippen LogP contribution in [0.25, 0.3) is 0 Å². The molecule has 2 rings (SSSR count). The Balaban J connectivity index is 2.07. The van der Waals surface area contributed by atoms with Crippen molar-refractivity contribution in [1.82, 2.24) is 4.90 Å². The highest BCUT2D eigenvalue weighted by Gasteiger charge is 2.11. The van der Waals surface area contributed by atoms with Crippen molar-refractivity contribution in [3.8, 4) is 0 Å². The Kier molecular flexibility index (Phi) is 3.33. The standard InChI is InChI=1S/C12H18N2OS/c1-16(13,15)12-6-4-11(5-7-12)10-14-8-2-3-9-14/h4-7H,1-3,8-10H2,(H2,13,15). The summed E-state index contributed by atoms with van der Waals surface area (Å²) >= 11 is 0. The highest BCUT2D eigenvalue weighted by atomic mass is 32.2. The van der Waals surface area contributed by atoms with Crippen LogP contribution in [0.4, 0.5) is 0 Å². The molecule has 1 heterocycles. The zero-order chi connectivity index (χ0) is 11.6. The molecule has 4 heteroatoms. The van der Waals surface area contributed by atoms with E-state index in [1.165, 1.54) is 31.5 Å². The maximum absolute atomic E-state index is 11.5. The quantitative estimate of drug-likeness (QED) is 0.805. The van der Waals surface area contributed by atoms with Gasteiger partial charge >= 0.3 is 0 Å². The number of nitrogens with zero attached hydrogens (tertiary/aromatic N) is 1. The van der Waals surface area contributed by atoms with Crippen molar-refractivity contribution >= 4 is 15.6 Å². The third-order valence-electron chi connectivity index (χ3n) is 2.93. The van der Waals surface area contributed by atoms with Crippen molar-refractivity contribution in [3.05, 3.63) is 29.8 Å². The monoisotopic (exact) mass is 238 g/mol. The molecule has 3 nitrogen and oxygen atoms in total. The van der Waals surface area contributed by atoms with Gasteiger partial charge in [-0.1, -0.05) is 12.1 Å². The molecule has 0 bridgehead atoms. The first-order chi connectivity index (χ1) is 7.55. The lowest BCUT2D eigenvalue weighted by Gasteiger charge is -2.14. The lowest BCUT2D eigenvalue weighted by Crippen LogP contribution is -2.18. The Bertz CT molecular complexity index is 444. The number of nitrogens with two attached hydrogens (primary N) is 1. The fourth-order valence-electron chi connectivity index (χ4n) is 2.02.